The molecule has 0 aliphatic rings. The van der Waals surface area contributed by atoms with E-state index in [0.29, 0.717) is 0 Å². The van der Waals surface area contributed by atoms with Gasteiger partial charge in [-0.05, 0) is 37.5 Å². The third-order valence-corrected chi connectivity index (χ3v) is 3.21. The number of rotatable bonds is 6. The van der Waals surface area contributed by atoms with Gasteiger partial charge in [-0.1, -0.05) is 37.7 Å². The molecule has 1 aromatic rings. The molecule has 3 N–H and O–H groups in total. The molecule has 0 aliphatic heterocycles. The van der Waals surface area contributed by atoms with Crippen molar-refractivity contribution in [3.8, 4) is 0 Å². The maximum atomic E-state index is 11.7. The Bertz CT molecular complexity index is 414. The molecule has 0 fully saturated rings. The SMILES string of the molecule is CCCCc1ccc(NC(=O)C(C)C(N)=S)cc1. The van der Waals surface area contributed by atoms with Crippen LogP contribution in [0.25, 0.3) is 0 Å². The van der Waals surface area contributed by atoms with E-state index in [1.807, 2.05) is 24.3 Å². The molecule has 98 valence electrons. The number of nitrogens with two attached hydrogens (primary N) is 1. The van der Waals surface area contributed by atoms with E-state index in [4.69, 9.17) is 18.0 Å². The highest BCUT2D eigenvalue weighted by molar-refractivity contribution is 7.80. The largest absolute Gasteiger partial charge is 0.393 e. The molecular weight excluding hydrogens is 244 g/mol. The summed E-state index contributed by atoms with van der Waals surface area (Å²) in [7, 11) is 0. The average molecular weight is 264 g/mol. The monoisotopic (exact) mass is 264 g/mol. The van der Waals surface area contributed by atoms with E-state index in [-0.39, 0.29) is 10.9 Å². The number of hydrogen-bond acceptors (Lipinski definition) is 2. The first-order valence-electron chi connectivity index (χ1n) is 6.23. The Morgan fingerprint density at radius 1 is 1.39 bits per heavy atom. The summed E-state index contributed by atoms with van der Waals surface area (Å²) in [4.78, 5) is 11.9. The number of anilines is 1. The van der Waals surface area contributed by atoms with Gasteiger partial charge in [0.05, 0.1) is 10.9 Å². The van der Waals surface area contributed by atoms with Crippen molar-refractivity contribution in [3.63, 3.8) is 0 Å². The molecule has 0 saturated carbocycles. The van der Waals surface area contributed by atoms with Crippen LogP contribution < -0.4 is 11.1 Å². The highest BCUT2D eigenvalue weighted by atomic mass is 32.1. The number of hydrogen-bond donors (Lipinski definition) is 2. The third kappa shape index (κ3) is 4.45. The normalized spacial score (nSPS) is 11.9. The lowest BCUT2D eigenvalue weighted by Crippen LogP contribution is -2.30. The van der Waals surface area contributed by atoms with E-state index < -0.39 is 5.92 Å². The molecule has 0 saturated heterocycles. The van der Waals surface area contributed by atoms with E-state index in [0.717, 1.165) is 12.1 Å². The minimum Gasteiger partial charge on any atom is -0.393 e. The van der Waals surface area contributed by atoms with E-state index >= 15 is 0 Å². The highest BCUT2D eigenvalue weighted by Crippen LogP contribution is 2.13. The van der Waals surface area contributed by atoms with Crippen LogP contribution in [0.4, 0.5) is 5.69 Å². The molecule has 0 radical (unpaired) electrons. The van der Waals surface area contributed by atoms with Crippen LogP contribution in [0.15, 0.2) is 24.3 Å². The zero-order valence-corrected chi connectivity index (χ0v) is 11.7. The maximum Gasteiger partial charge on any atom is 0.234 e. The topological polar surface area (TPSA) is 55.1 Å². The van der Waals surface area contributed by atoms with Crippen LogP contribution in [0.3, 0.4) is 0 Å². The van der Waals surface area contributed by atoms with Gasteiger partial charge in [-0.25, -0.2) is 0 Å². The van der Waals surface area contributed by atoms with Crippen LogP contribution in [-0.4, -0.2) is 10.9 Å². The summed E-state index contributed by atoms with van der Waals surface area (Å²) in [6.45, 7) is 3.87. The Morgan fingerprint density at radius 3 is 2.50 bits per heavy atom. The van der Waals surface area contributed by atoms with Crippen LogP contribution in [0.1, 0.15) is 32.3 Å². The summed E-state index contributed by atoms with van der Waals surface area (Å²) < 4.78 is 0. The summed E-state index contributed by atoms with van der Waals surface area (Å²) in [5, 5.41) is 2.80. The van der Waals surface area contributed by atoms with Gasteiger partial charge in [0.25, 0.3) is 0 Å². The molecule has 1 unspecified atom stereocenters. The van der Waals surface area contributed by atoms with Crippen LogP contribution in [0, 0.1) is 5.92 Å². The number of nitrogens with one attached hydrogen (secondary N) is 1. The van der Waals surface area contributed by atoms with Crippen LogP contribution in [0.5, 0.6) is 0 Å². The first-order valence-corrected chi connectivity index (χ1v) is 6.64. The zero-order valence-electron chi connectivity index (χ0n) is 10.9. The number of carbonyl (C=O) groups excluding carboxylic acids is 1. The molecular formula is C14H20N2OS. The molecule has 0 aliphatic carbocycles. The average Bonchev–Trinajstić information content (AvgIpc) is 2.36. The molecule has 1 atom stereocenters. The van der Waals surface area contributed by atoms with Crippen LogP contribution in [0.2, 0.25) is 0 Å². The van der Waals surface area contributed by atoms with Crippen molar-refractivity contribution >= 4 is 28.8 Å². The van der Waals surface area contributed by atoms with E-state index in [1.165, 1.54) is 18.4 Å². The highest BCUT2D eigenvalue weighted by Gasteiger charge is 2.15. The molecule has 1 rings (SSSR count). The molecule has 1 amide bonds. The molecule has 0 heterocycles. The quantitative estimate of drug-likeness (QED) is 0.777. The minimum absolute atomic E-state index is 0.163. The number of aryl methyl sites for hydroxylation is 1. The Morgan fingerprint density at radius 2 is 2.00 bits per heavy atom. The second-order valence-corrected chi connectivity index (χ2v) is 4.89. The second-order valence-electron chi connectivity index (χ2n) is 4.41. The third-order valence-electron chi connectivity index (χ3n) is 2.86. The van der Waals surface area contributed by atoms with Crippen molar-refractivity contribution < 1.29 is 4.79 Å². The summed E-state index contributed by atoms with van der Waals surface area (Å²) in [6.07, 6.45) is 3.45. The van der Waals surface area contributed by atoms with Gasteiger partial charge < -0.3 is 11.1 Å². The molecule has 3 nitrogen and oxygen atoms in total. The predicted octanol–water partition coefficient (Wildman–Crippen LogP) is 2.89. The second kappa shape index (κ2) is 7.11. The first kappa shape index (κ1) is 14.6. The van der Waals surface area contributed by atoms with Gasteiger partial charge in [0.1, 0.15) is 0 Å². The fraction of sp³-hybridized carbons (Fsp3) is 0.429. The lowest BCUT2D eigenvalue weighted by Gasteiger charge is -2.11. The van der Waals surface area contributed by atoms with Crippen LogP contribution in [-0.2, 0) is 11.2 Å². The Kier molecular flexibility index (Phi) is 5.78. The van der Waals surface area contributed by atoms with Crippen LogP contribution >= 0.6 is 12.2 Å². The number of amides is 1. The molecule has 1 aromatic carbocycles. The molecule has 0 spiro atoms. The van der Waals surface area contributed by atoms with Gasteiger partial charge in [0.2, 0.25) is 5.91 Å². The fourth-order valence-corrected chi connectivity index (χ4v) is 1.62. The lowest BCUT2D eigenvalue weighted by atomic mass is 10.1. The van der Waals surface area contributed by atoms with Crippen molar-refractivity contribution in [2.24, 2.45) is 11.7 Å². The van der Waals surface area contributed by atoms with E-state index in [9.17, 15) is 4.79 Å². The van der Waals surface area contributed by atoms with Gasteiger partial charge in [-0.3, -0.25) is 4.79 Å². The minimum atomic E-state index is -0.445. The van der Waals surface area contributed by atoms with Crippen molar-refractivity contribution in [3.05, 3.63) is 29.8 Å². The van der Waals surface area contributed by atoms with E-state index in [2.05, 4.69) is 12.2 Å². The van der Waals surface area contributed by atoms with Gasteiger partial charge in [0.15, 0.2) is 0 Å². The molecule has 0 bridgehead atoms. The van der Waals surface area contributed by atoms with Gasteiger partial charge in [0, 0.05) is 5.69 Å². The van der Waals surface area contributed by atoms with Crippen molar-refractivity contribution in [2.75, 3.05) is 5.32 Å². The fourth-order valence-electron chi connectivity index (χ4n) is 1.52. The summed E-state index contributed by atoms with van der Waals surface area (Å²) in [6, 6.07) is 7.90. The predicted molar refractivity (Wildman–Crippen MR) is 79.6 cm³/mol. The number of thiocarbonyl (C=S) groups is 1. The maximum absolute atomic E-state index is 11.7. The van der Waals surface area contributed by atoms with Crippen molar-refractivity contribution in [1.82, 2.24) is 0 Å². The molecule has 4 heteroatoms. The van der Waals surface area contributed by atoms with E-state index in [1.54, 1.807) is 6.92 Å². The Hall–Kier alpha value is -1.42. The summed E-state index contributed by atoms with van der Waals surface area (Å²) in [5.74, 6) is -0.608. The summed E-state index contributed by atoms with van der Waals surface area (Å²) >= 11 is 4.80. The van der Waals surface area contributed by atoms with Gasteiger partial charge in [-0.2, -0.15) is 0 Å². The Balaban J connectivity index is 2.58. The number of carbonyl (C=O) groups is 1. The first-order chi connectivity index (χ1) is 8.54. The van der Waals surface area contributed by atoms with Gasteiger partial charge in [-0.15, -0.1) is 0 Å². The van der Waals surface area contributed by atoms with Gasteiger partial charge >= 0.3 is 0 Å². The Labute approximate surface area is 114 Å². The summed E-state index contributed by atoms with van der Waals surface area (Å²) in [5.41, 5.74) is 7.51. The van der Waals surface area contributed by atoms with Crippen molar-refractivity contribution in [2.45, 2.75) is 33.1 Å². The number of benzene rings is 1. The lowest BCUT2D eigenvalue weighted by molar-refractivity contribution is -0.117. The zero-order chi connectivity index (χ0) is 13.5. The van der Waals surface area contributed by atoms with Crippen molar-refractivity contribution in [1.29, 1.82) is 0 Å². The molecule has 0 aromatic heterocycles. The number of unbranched alkanes of at least 4 members (excludes halogenated alkanes) is 1. The standard InChI is InChI=1S/C14H20N2OS/c1-3-4-5-11-6-8-12(9-7-11)16-14(17)10(2)13(15)18/h6-10H,3-5H2,1-2H3,(H2,15,18)(H,16,17). The smallest absolute Gasteiger partial charge is 0.234 e. The molecule has 18 heavy (non-hydrogen) atoms.